The second-order valence-corrected chi connectivity index (χ2v) is 10.7. The molecule has 9 nitrogen and oxygen atoms in total. The van der Waals surface area contributed by atoms with E-state index in [0.29, 0.717) is 62.9 Å². The summed E-state index contributed by atoms with van der Waals surface area (Å²) in [6, 6.07) is 14.1. The highest BCUT2D eigenvalue weighted by molar-refractivity contribution is 5.95. The Hall–Kier alpha value is -3.98. The van der Waals surface area contributed by atoms with Crippen molar-refractivity contribution in [2.45, 2.75) is 25.2 Å². The van der Waals surface area contributed by atoms with Gasteiger partial charge in [0.1, 0.15) is 18.2 Å². The highest BCUT2D eigenvalue weighted by Crippen LogP contribution is 2.37. The average Bonchev–Trinajstić information content (AvgIpc) is 3.85. The Kier molecular flexibility index (Phi) is 7.64. The molecule has 3 aromatic rings. The molecule has 40 heavy (non-hydrogen) atoms. The molecule has 6 rings (SSSR count). The molecule has 1 saturated heterocycles. The summed E-state index contributed by atoms with van der Waals surface area (Å²) in [6.45, 7) is 4.59. The number of rotatable bonds is 3. The van der Waals surface area contributed by atoms with E-state index >= 15 is 0 Å². The number of carbonyl (C=O) groups excluding carboxylic acids is 2. The Morgan fingerprint density at radius 2 is 1.73 bits per heavy atom. The highest BCUT2D eigenvalue weighted by Gasteiger charge is 2.27. The number of nitrogens with zero attached hydrogens (tertiary/aromatic N) is 5. The molecule has 3 aliphatic rings. The first kappa shape index (κ1) is 26.3. The van der Waals surface area contributed by atoms with E-state index in [1.165, 1.54) is 0 Å². The van der Waals surface area contributed by atoms with Gasteiger partial charge in [-0.05, 0) is 48.7 Å². The summed E-state index contributed by atoms with van der Waals surface area (Å²) in [6.07, 6.45) is 6.09. The number of fused-ring (bicyclic) bond motifs is 3. The molecule has 2 aliphatic heterocycles. The molecule has 1 aliphatic carbocycles. The number of benzene rings is 2. The number of ether oxygens (including phenoxy) is 2. The second-order valence-electron chi connectivity index (χ2n) is 10.7. The van der Waals surface area contributed by atoms with E-state index in [0.717, 1.165) is 54.3 Å². The van der Waals surface area contributed by atoms with E-state index < -0.39 is 0 Å². The maximum atomic E-state index is 13.5. The number of likely N-dealkylation sites (N-methyl/N-ethyl adjacent to an activating group) is 1. The van der Waals surface area contributed by atoms with Gasteiger partial charge in [0, 0.05) is 74.8 Å². The van der Waals surface area contributed by atoms with Crippen LogP contribution in [0.5, 0.6) is 5.75 Å². The van der Waals surface area contributed by atoms with Gasteiger partial charge in [0.2, 0.25) is 0 Å². The number of carbonyl (C=O) groups is 2. The largest absolute Gasteiger partial charge is 0.491 e. The fraction of sp³-hybridized carbons (Fsp3) is 0.419. The SMILES string of the molecule is CN1CCN(C(=O)c2cnc(C3CC3)nc2)CCOc2ccc(N3CCOCC3)cc2Cc2cccc(c2)C1=O. The third kappa shape index (κ3) is 5.94. The summed E-state index contributed by atoms with van der Waals surface area (Å²) in [4.78, 5) is 41.4. The van der Waals surface area contributed by atoms with Crippen LogP contribution in [0.25, 0.3) is 0 Å². The molecular formula is C31H35N5O4. The summed E-state index contributed by atoms with van der Waals surface area (Å²) in [5.41, 5.74) is 4.30. The predicted octanol–water partition coefficient (Wildman–Crippen LogP) is 3.39. The number of amides is 2. The fourth-order valence-electron chi connectivity index (χ4n) is 5.25. The van der Waals surface area contributed by atoms with Crippen LogP contribution in [0, 0.1) is 0 Å². The summed E-state index contributed by atoms with van der Waals surface area (Å²) < 4.78 is 11.9. The Morgan fingerprint density at radius 1 is 0.925 bits per heavy atom. The first-order valence-corrected chi connectivity index (χ1v) is 14.1. The van der Waals surface area contributed by atoms with Gasteiger partial charge in [-0.2, -0.15) is 0 Å². The van der Waals surface area contributed by atoms with Crippen LogP contribution in [0.1, 0.15) is 56.4 Å². The third-order valence-electron chi connectivity index (χ3n) is 7.81. The van der Waals surface area contributed by atoms with Gasteiger partial charge in [-0.1, -0.05) is 12.1 Å². The number of aromatic nitrogens is 2. The predicted molar refractivity (Wildman–Crippen MR) is 151 cm³/mol. The fourth-order valence-corrected chi connectivity index (χ4v) is 5.25. The molecule has 1 aromatic heterocycles. The van der Waals surface area contributed by atoms with Crippen molar-refractivity contribution < 1.29 is 19.1 Å². The Morgan fingerprint density at radius 3 is 2.50 bits per heavy atom. The third-order valence-corrected chi connectivity index (χ3v) is 7.81. The first-order valence-electron chi connectivity index (χ1n) is 14.1. The number of morpholine rings is 1. The minimum atomic E-state index is -0.163. The van der Waals surface area contributed by atoms with E-state index in [-0.39, 0.29) is 11.8 Å². The topological polar surface area (TPSA) is 88.1 Å². The van der Waals surface area contributed by atoms with Crippen LogP contribution in [0.4, 0.5) is 5.69 Å². The maximum absolute atomic E-state index is 13.5. The normalized spacial score (nSPS) is 18.5. The van der Waals surface area contributed by atoms with E-state index in [4.69, 9.17) is 9.47 Å². The lowest BCUT2D eigenvalue weighted by Crippen LogP contribution is -2.41. The molecule has 2 bridgehead atoms. The van der Waals surface area contributed by atoms with Gasteiger partial charge in [0.15, 0.2) is 0 Å². The zero-order valence-corrected chi connectivity index (χ0v) is 22.9. The van der Waals surface area contributed by atoms with Crippen LogP contribution in [0.2, 0.25) is 0 Å². The smallest absolute Gasteiger partial charge is 0.257 e. The quantitative estimate of drug-likeness (QED) is 0.502. The molecule has 0 N–H and O–H groups in total. The minimum absolute atomic E-state index is 0.0676. The number of hydrogen-bond donors (Lipinski definition) is 0. The van der Waals surface area contributed by atoms with Crippen molar-refractivity contribution in [2.24, 2.45) is 0 Å². The van der Waals surface area contributed by atoms with Crippen LogP contribution >= 0.6 is 0 Å². The molecule has 0 atom stereocenters. The van der Waals surface area contributed by atoms with Crippen molar-refractivity contribution >= 4 is 17.5 Å². The first-order chi connectivity index (χ1) is 19.5. The summed E-state index contributed by atoms with van der Waals surface area (Å²) in [5, 5.41) is 0. The molecule has 0 radical (unpaired) electrons. The summed E-state index contributed by atoms with van der Waals surface area (Å²) >= 11 is 0. The standard InChI is InChI=1S/C31H35N5O4/c1-34-9-10-36(31(38)26-20-32-29(33-21-26)23-5-6-23)13-16-40-28-8-7-27(35-11-14-39-15-12-35)19-25(28)18-22-3-2-4-24(17-22)30(34)37/h2-4,7-8,17,19-21,23H,5-6,9-16,18H2,1H3. The summed E-state index contributed by atoms with van der Waals surface area (Å²) in [7, 11) is 1.78. The Balaban J connectivity index is 1.28. The Labute approximate surface area is 234 Å². The van der Waals surface area contributed by atoms with Crippen molar-refractivity contribution in [2.75, 3.05) is 64.5 Å². The molecule has 0 unspecified atom stereocenters. The molecule has 208 valence electrons. The molecule has 1 saturated carbocycles. The van der Waals surface area contributed by atoms with Gasteiger partial charge in [-0.3, -0.25) is 9.59 Å². The maximum Gasteiger partial charge on any atom is 0.257 e. The van der Waals surface area contributed by atoms with Gasteiger partial charge in [0.05, 0.1) is 25.3 Å². The van der Waals surface area contributed by atoms with Gasteiger partial charge < -0.3 is 24.2 Å². The van der Waals surface area contributed by atoms with Crippen LogP contribution in [-0.2, 0) is 11.2 Å². The molecule has 2 amide bonds. The van der Waals surface area contributed by atoms with Crippen LogP contribution < -0.4 is 9.64 Å². The molecule has 2 aromatic carbocycles. The Bertz CT molecular complexity index is 1370. The number of hydrogen-bond acceptors (Lipinski definition) is 7. The molecular weight excluding hydrogens is 506 g/mol. The lowest BCUT2D eigenvalue weighted by Gasteiger charge is -2.30. The number of anilines is 1. The van der Waals surface area contributed by atoms with Crippen molar-refractivity contribution in [3.05, 3.63) is 82.9 Å². The van der Waals surface area contributed by atoms with Crippen LogP contribution in [-0.4, -0.2) is 91.2 Å². The van der Waals surface area contributed by atoms with Gasteiger partial charge in [0.25, 0.3) is 11.8 Å². The van der Waals surface area contributed by atoms with Crippen LogP contribution in [0.15, 0.2) is 54.9 Å². The van der Waals surface area contributed by atoms with Crippen molar-refractivity contribution in [3.63, 3.8) is 0 Å². The van der Waals surface area contributed by atoms with E-state index in [2.05, 4.69) is 27.0 Å². The van der Waals surface area contributed by atoms with Gasteiger partial charge in [-0.25, -0.2) is 9.97 Å². The van der Waals surface area contributed by atoms with Gasteiger partial charge >= 0.3 is 0 Å². The lowest BCUT2D eigenvalue weighted by molar-refractivity contribution is 0.0667. The van der Waals surface area contributed by atoms with E-state index in [1.807, 2.05) is 30.3 Å². The van der Waals surface area contributed by atoms with E-state index in [1.54, 1.807) is 29.2 Å². The summed E-state index contributed by atoms with van der Waals surface area (Å²) in [5.74, 6) is 1.79. The minimum Gasteiger partial charge on any atom is -0.491 e. The molecule has 2 fully saturated rings. The zero-order valence-electron chi connectivity index (χ0n) is 22.9. The monoisotopic (exact) mass is 541 g/mol. The van der Waals surface area contributed by atoms with Gasteiger partial charge in [-0.15, -0.1) is 0 Å². The molecule has 9 heteroatoms. The zero-order chi connectivity index (χ0) is 27.5. The van der Waals surface area contributed by atoms with Crippen molar-refractivity contribution in [3.8, 4) is 5.75 Å². The molecule has 0 spiro atoms. The second kappa shape index (κ2) is 11.6. The molecule has 3 heterocycles. The van der Waals surface area contributed by atoms with Crippen molar-refractivity contribution in [1.82, 2.24) is 19.8 Å². The van der Waals surface area contributed by atoms with Crippen LogP contribution in [0.3, 0.4) is 0 Å². The average molecular weight is 542 g/mol. The van der Waals surface area contributed by atoms with Crippen molar-refractivity contribution in [1.29, 1.82) is 0 Å². The lowest BCUT2D eigenvalue weighted by atomic mass is 10.0. The highest BCUT2D eigenvalue weighted by atomic mass is 16.5. The van der Waals surface area contributed by atoms with E-state index in [9.17, 15) is 9.59 Å².